The molecule has 158 valence electrons. The Bertz CT molecular complexity index is 606. The molecule has 0 spiro atoms. The molecule has 0 fully saturated rings. The van der Waals surface area contributed by atoms with E-state index >= 15 is 0 Å². The average molecular weight is 408 g/mol. The maximum Gasteiger partial charge on any atom is 0.323 e. The van der Waals surface area contributed by atoms with Crippen LogP contribution in [0.5, 0.6) is 5.75 Å². The molecule has 1 atom stereocenters. The first kappa shape index (κ1) is 24.7. The molecule has 6 heteroatoms. The number of nitrogens with two attached hydrogens (primary N) is 1. The van der Waals surface area contributed by atoms with Gasteiger partial charge >= 0.3 is 5.97 Å². The van der Waals surface area contributed by atoms with Crippen LogP contribution in [-0.2, 0) is 16.0 Å². The summed E-state index contributed by atoms with van der Waals surface area (Å²) in [7, 11) is 6.91. The number of ether oxygens (including phenoxy) is 2. The third kappa shape index (κ3) is 9.71. The van der Waals surface area contributed by atoms with E-state index < -0.39 is 10.8 Å². The first-order chi connectivity index (χ1) is 12.8. The van der Waals surface area contributed by atoms with Crippen LogP contribution in [0.1, 0.15) is 45.6 Å². The number of carbonyl (C=O) groups excluding carboxylic acids is 1. The van der Waals surface area contributed by atoms with Crippen molar-refractivity contribution >= 4 is 15.5 Å². The van der Waals surface area contributed by atoms with Crippen LogP contribution in [0.15, 0.2) is 24.3 Å². The molecule has 0 saturated carbocycles. The summed E-state index contributed by atoms with van der Waals surface area (Å²) in [6.45, 7) is 9.44. The van der Waals surface area contributed by atoms with Gasteiger partial charge in [-0.25, -0.2) is 0 Å². The summed E-state index contributed by atoms with van der Waals surface area (Å²) < 4.78 is 12.4. The lowest BCUT2D eigenvalue weighted by atomic mass is 10.1. The van der Waals surface area contributed by atoms with Crippen molar-refractivity contribution in [1.29, 1.82) is 0 Å². The highest BCUT2D eigenvalue weighted by Crippen LogP contribution is 2.19. The van der Waals surface area contributed by atoms with Gasteiger partial charge < -0.3 is 19.7 Å². The Morgan fingerprint density at radius 3 is 2.18 bits per heavy atom. The smallest absolute Gasteiger partial charge is 0.323 e. The normalized spacial score (nSPS) is 14.4. The van der Waals surface area contributed by atoms with Gasteiger partial charge in [0.1, 0.15) is 16.5 Å². The zero-order chi connectivity index (χ0) is 21.4. The lowest BCUT2D eigenvalue weighted by molar-refractivity contribution is -0.870. The standard InChI is InChI=1S/C22H39N2O3Si/c1-21(2,3)27-20(25)22(23,28-7)17-18-11-13-19(14-12-18)26-16-10-8-9-15-24(4,5)6/h11-14H,8-10,15-17,23H2,1-7H3/q+1/t22-/m0/s1. The van der Waals surface area contributed by atoms with Crippen molar-refractivity contribution in [3.8, 4) is 5.75 Å². The third-order valence-electron chi connectivity index (χ3n) is 4.36. The number of nitrogens with zero attached hydrogens (tertiary/aromatic N) is 1. The van der Waals surface area contributed by atoms with Crippen LogP contribution >= 0.6 is 0 Å². The Balaban J connectivity index is 2.49. The summed E-state index contributed by atoms with van der Waals surface area (Å²) in [6.07, 6.45) is 3.91. The van der Waals surface area contributed by atoms with E-state index in [0.717, 1.165) is 28.8 Å². The molecule has 0 aliphatic heterocycles. The highest BCUT2D eigenvalue weighted by Gasteiger charge is 2.36. The van der Waals surface area contributed by atoms with E-state index in [2.05, 4.69) is 21.1 Å². The second-order valence-corrected chi connectivity index (χ2v) is 10.9. The van der Waals surface area contributed by atoms with Gasteiger partial charge in [0.05, 0.1) is 43.8 Å². The van der Waals surface area contributed by atoms with Crippen molar-refractivity contribution in [3.63, 3.8) is 0 Å². The van der Waals surface area contributed by atoms with Crippen molar-refractivity contribution in [3.05, 3.63) is 29.8 Å². The molecule has 0 bridgehead atoms. The summed E-state index contributed by atoms with van der Waals surface area (Å²) in [5.41, 5.74) is 6.86. The van der Waals surface area contributed by atoms with Gasteiger partial charge in [-0.3, -0.25) is 4.79 Å². The van der Waals surface area contributed by atoms with E-state index in [0.29, 0.717) is 6.42 Å². The molecule has 1 aromatic carbocycles. The predicted octanol–water partition coefficient (Wildman–Crippen LogP) is 3.23. The fourth-order valence-corrected chi connectivity index (χ4v) is 3.35. The minimum atomic E-state index is -0.985. The van der Waals surface area contributed by atoms with Gasteiger partial charge in [0.15, 0.2) is 0 Å². The molecule has 0 amide bonds. The molecule has 2 radical (unpaired) electrons. The molecule has 5 nitrogen and oxygen atoms in total. The average Bonchev–Trinajstić information content (AvgIpc) is 2.56. The second kappa shape index (κ2) is 10.4. The van der Waals surface area contributed by atoms with E-state index in [1.54, 1.807) is 0 Å². The van der Waals surface area contributed by atoms with Crippen LogP contribution < -0.4 is 10.5 Å². The number of hydrogen-bond acceptors (Lipinski definition) is 4. The first-order valence-electron chi connectivity index (χ1n) is 10.1. The molecule has 1 aromatic rings. The predicted molar refractivity (Wildman–Crippen MR) is 117 cm³/mol. The minimum Gasteiger partial charge on any atom is -0.494 e. The van der Waals surface area contributed by atoms with Crippen molar-refractivity contribution < 1.29 is 18.8 Å². The highest BCUT2D eigenvalue weighted by atomic mass is 28.2. The topological polar surface area (TPSA) is 61.5 Å². The SMILES string of the molecule is C[Si][C@@](N)(Cc1ccc(OCCCCC[N+](C)(C)C)cc1)C(=O)OC(C)(C)C. The van der Waals surface area contributed by atoms with Crippen LogP contribution in [0.25, 0.3) is 0 Å². The number of carbonyl (C=O) groups is 1. The molecule has 0 aliphatic carbocycles. The van der Waals surface area contributed by atoms with E-state index in [1.165, 1.54) is 19.4 Å². The zero-order valence-electron chi connectivity index (χ0n) is 18.8. The molecule has 0 unspecified atom stereocenters. The first-order valence-corrected chi connectivity index (χ1v) is 11.6. The number of esters is 1. The van der Waals surface area contributed by atoms with Crippen molar-refractivity contribution in [1.82, 2.24) is 0 Å². The Morgan fingerprint density at radius 1 is 1.07 bits per heavy atom. The van der Waals surface area contributed by atoms with Gasteiger partial charge in [-0.1, -0.05) is 18.7 Å². The quantitative estimate of drug-likeness (QED) is 0.265. The zero-order valence-corrected chi connectivity index (χ0v) is 19.8. The Kier molecular flexibility index (Phi) is 9.18. The monoisotopic (exact) mass is 407 g/mol. The van der Waals surface area contributed by atoms with Gasteiger partial charge in [-0.05, 0) is 64.2 Å². The maximum atomic E-state index is 12.5. The number of benzene rings is 1. The largest absolute Gasteiger partial charge is 0.494 e. The van der Waals surface area contributed by atoms with E-state index in [9.17, 15) is 4.79 Å². The Labute approximate surface area is 174 Å². The molecule has 0 saturated heterocycles. The van der Waals surface area contributed by atoms with Crippen molar-refractivity contribution in [2.24, 2.45) is 5.73 Å². The van der Waals surface area contributed by atoms with E-state index in [1.807, 2.05) is 51.6 Å². The summed E-state index contributed by atoms with van der Waals surface area (Å²) in [6, 6.07) is 7.88. The Morgan fingerprint density at radius 2 is 1.68 bits per heavy atom. The summed E-state index contributed by atoms with van der Waals surface area (Å²) in [5.74, 6) is 0.518. The maximum absolute atomic E-state index is 12.5. The van der Waals surface area contributed by atoms with Crippen LogP contribution in [0.3, 0.4) is 0 Å². The summed E-state index contributed by atoms with van der Waals surface area (Å²) >= 11 is 0. The van der Waals surface area contributed by atoms with Crippen molar-refractivity contribution in [2.45, 2.75) is 63.8 Å². The lowest BCUT2D eigenvalue weighted by Gasteiger charge is -2.30. The van der Waals surface area contributed by atoms with Gasteiger partial charge in [-0.15, -0.1) is 0 Å². The highest BCUT2D eigenvalue weighted by molar-refractivity contribution is 6.45. The molecule has 28 heavy (non-hydrogen) atoms. The molecule has 0 aliphatic rings. The molecular formula is C22H39N2O3Si+. The third-order valence-corrected chi connectivity index (χ3v) is 5.63. The molecule has 2 N–H and O–H groups in total. The van der Waals surface area contributed by atoms with E-state index in [-0.39, 0.29) is 15.5 Å². The number of rotatable bonds is 11. The summed E-state index contributed by atoms with van der Waals surface area (Å²) in [4.78, 5) is 12.5. The Hall–Kier alpha value is -1.37. The fourth-order valence-electron chi connectivity index (χ4n) is 2.71. The minimum absolute atomic E-state index is 0.257. The van der Waals surface area contributed by atoms with Gasteiger partial charge in [0.2, 0.25) is 0 Å². The number of unbranched alkanes of at least 4 members (excludes halogenated alkanes) is 2. The van der Waals surface area contributed by atoms with Crippen LogP contribution in [0.4, 0.5) is 0 Å². The number of quaternary nitrogens is 1. The summed E-state index contributed by atoms with van der Waals surface area (Å²) in [5, 5.41) is -0.985. The van der Waals surface area contributed by atoms with Crippen LogP contribution in [-0.4, -0.2) is 65.0 Å². The van der Waals surface area contributed by atoms with Gasteiger partial charge in [0, 0.05) is 0 Å². The molecule has 0 aromatic heterocycles. The van der Waals surface area contributed by atoms with Gasteiger partial charge in [-0.2, -0.15) is 0 Å². The van der Waals surface area contributed by atoms with E-state index in [4.69, 9.17) is 15.2 Å². The molecule has 1 rings (SSSR count). The molecule has 0 heterocycles. The fraction of sp³-hybridized carbons (Fsp3) is 0.682. The van der Waals surface area contributed by atoms with Crippen molar-refractivity contribution in [2.75, 3.05) is 34.3 Å². The van der Waals surface area contributed by atoms with Crippen LogP contribution in [0, 0.1) is 0 Å². The second-order valence-electron chi connectivity index (χ2n) is 9.47. The number of hydrogen-bond donors (Lipinski definition) is 1. The van der Waals surface area contributed by atoms with Crippen LogP contribution in [0.2, 0.25) is 6.55 Å². The molecular weight excluding hydrogens is 368 g/mol. The lowest BCUT2D eigenvalue weighted by Crippen LogP contribution is -2.56. The van der Waals surface area contributed by atoms with Gasteiger partial charge in [0.25, 0.3) is 0 Å².